The van der Waals surface area contributed by atoms with Crippen molar-refractivity contribution in [3.05, 3.63) is 53.9 Å². The molecular weight excluding hydrogens is 370 g/mol. The second kappa shape index (κ2) is 8.77. The second-order valence-corrected chi connectivity index (χ2v) is 6.78. The molecule has 0 aliphatic rings. The summed E-state index contributed by atoms with van der Waals surface area (Å²) < 4.78 is 18.7. The molecule has 0 spiro atoms. The molecule has 0 amide bonds. The Morgan fingerprint density at radius 2 is 1.83 bits per heavy atom. The van der Waals surface area contributed by atoms with Gasteiger partial charge in [-0.05, 0) is 45.0 Å². The number of carbonyl (C=O) groups excluding carboxylic acids is 1. The van der Waals surface area contributed by atoms with Gasteiger partial charge in [0.05, 0.1) is 25.6 Å². The molecule has 0 fully saturated rings. The quantitative estimate of drug-likeness (QED) is 0.529. The Morgan fingerprint density at radius 3 is 2.48 bits per heavy atom. The van der Waals surface area contributed by atoms with Crippen LogP contribution in [0.4, 0.5) is 0 Å². The maximum Gasteiger partial charge on any atom is 0.175 e. The normalized spacial score (nSPS) is 10.8. The number of pyridine rings is 1. The Labute approximate surface area is 170 Å². The number of ketones is 1. The van der Waals surface area contributed by atoms with Crippen molar-refractivity contribution in [1.82, 2.24) is 14.8 Å². The number of benzene rings is 1. The predicted molar refractivity (Wildman–Crippen MR) is 110 cm³/mol. The lowest BCUT2D eigenvalue weighted by Gasteiger charge is -2.17. The van der Waals surface area contributed by atoms with Crippen molar-refractivity contribution < 1.29 is 19.0 Å². The van der Waals surface area contributed by atoms with E-state index in [1.165, 1.54) is 21.1 Å². The topological polar surface area (TPSA) is 75.5 Å². The van der Waals surface area contributed by atoms with E-state index in [9.17, 15) is 4.79 Å². The molecule has 29 heavy (non-hydrogen) atoms. The summed E-state index contributed by atoms with van der Waals surface area (Å²) in [5, 5.41) is 4.39. The van der Waals surface area contributed by atoms with Gasteiger partial charge in [0.2, 0.25) is 0 Å². The monoisotopic (exact) mass is 395 g/mol. The summed E-state index contributed by atoms with van der Waals surface area (Å²) in [6, 6.07) is 9.38. The Bertz CT molecular complexity index is 1010. The van der Waals surface area contributed by atoms with Gasteiger partial charge in [0, 0.05) is 24.0 Å². The van der Waals surface area contributed by atoms with Crippen LogP contribution < -0.4 is 14.2 Å². The molecule has 2 heterocycles. The van der Waals surface area contributed by atoms with Gasteiger partial charge in [0.1, 0.15) is 17.9 Å². The molecule has 0 aliphatic heterocycles. The van der Waals surface area contributed by atoms with Gasteiger partial charge >= 0.3 is 0 Å². The third kappa shape index (κ3) is 4.08. The van der Waals surface area contributed by atoms with Crippen LogP contribution in [0.1, 0.15) is 42.7 Å². The molecule has 7 heteroatoms. The van der Waals surface area contributed by atoms with Crippen LogP contribution in [0.3, 0.4) is 0 Å². The number of nitrogens with zero attached hydrogens (tertiary/aromatic N) is 3. The molecule has 152 valence electrons. The van der Waals surface area contributed by atoms with Gasteiger partial charge in [0.15, 0.2) is 17.3 Å². The van der Waals surface area contributed by atoms with Crippen LogP contribution in [-0.2, 0) is 6.61 Å². The Kier molecular flexibility index (Phi) is 6.16. The first-order chi connectivity index (χ1) is 14.0. The Morgan fingerprint density at radius 1 is 1.07 bits per heavy atom. The van der Waals surface area contributed by atoms with Crippen LogP contribution in [0.25, 0.3) is 11.4 Å². The van der Waals surface area contributed by atoms with Crippen LogP contribution in [0, 0.1) is 0 Å². The first kappa shape index (κ1) is 20.4. The molecule has 0 saturated carbocycles. The molecule has 0 atom stereocenters. The van der Waals surface area contributed by atoms with Crippen LogP contribution in [-0.4, -0.2) is 34.8 Å². The number of ether oxygens (including phenoxy) is 3. The zero-order valence-corrected chi connectivity index (χ0v) is 17.3. The third-order valence-corrected chi connectivity index (χ3v) is 4.54. The van der Waals surface area contributed by atoms with E-state index in [-0.39, 0.29) is 18.4 Å². The second-order valence-electron chi connectivity index (χ2n) is 6.78. The molecule has 2 aromatic heterocycles. The summed E-state index contributed by atoms with van der Waals surface area (Å²) in [5.41, 5.74) is 2.95. The van der Waals surface area contributed by atoms with E-state index in [0.717, 1.165) is 17.0 Å². The summed E-state index contributed by atoms with van der Waals surface area (Å²) >= 11 is 0. The van der Waals surface area contributed by atoms with E-state index in [1.54, 1.807) is 24.5 Å². The fourth-order valence-electron chi connectivity index (χ4n) is 3.22. The number of Topliss-reactive ketones (excluding diaryl/α,β-unsaturated/α-hetero) is 1. The lowest BCUT2D eigenvalue weighted by molar-refractivity contribution is 0.100. The molecular formula is C22H25N3O4. The van der Waals surface area contributed by atoms with Crippen molar-refractivity contribution in [3.63, 3.8) is 0 Å². The number of hydrogen-bond acceptors (Lipinski definition) is 6. The number of aromatic nitrogens is 3. The van der Waals surface area contributed by atoms with Crippen molar-refractivity contribution in [1.29, 1.82) is 0 Å². The van der Waals surface area contributed by atoms with Crippen molar-refractivity contribution in [2.24, 2.45) is 0 Å². The maximum absolute atomic E-state index is 12.3. The van der Waals surface area contributed by atoms with E-state index in [2.05, 4.69) is 23.9 Å². The van der Waals surface area contributed by atoms with Crippen molar-refractivity contribution in [2.75, 3.05) is 14.2 Å². The van der Waals surface area contributed by atoms with Gasteiger partial charge in [0.25, 0.3) is 0 Å². The smallest absolute Gasteiger partial charge is 0.175 e. The van der Waals surface area contributed by atoms with Gasteiger partial charge in [-0.3, -0.25) is 14.5 Å². The number of hydrogen-bond donors (Lipinski definition) is 0. The highest BCUT2D eigenvalue weighted by Gasteiger charge is 2.21. The first-order valence-corrected chi connectivity index (χ1v) is 9.34. The average molecular weight is 395 g/mol. The summed E-state index contributed by atoms with van der Waals surface area (Å²) in [7, 11) is 3.03. The van der Waals surface area contributed by atoms with E-state index >= 15 is 0 Å². The van der Waals surface area contributed by atoms with Gasteiger partial charge in [-0.15, -0.1) is 0 Å². The van der Waals surface area contributed by atoms with Crippen LogP contribution >= 0.6 is 0 Å². The summed E-state index contributed by atoms with van der Waals surface area (Å²) in [4.78, 5) is 16.8. The van der Waals surface area contributed by atoms with Crippen molar-refractivity contribution in [2.45, 2.75) is 33.4 Å². The highest BCUT2D eigenvalue weighted by atomic mass is 16.5. The largest absolute Gasteiger partial charge is 0.493 e. The lowest BCUT2D eigenvalue weighted by Crippen LogP contribution is -2.09. The Balaban J connectivity index is 1.96. The zero-order valence-electron chi connectivity index (χ0n) is 17.3. The van der Waals surface area contributed by atoms with Gasteiger partial charge in [-0.25, -0.2) is 0 Å². The van der Waals surface area contributed by atoms with E-state index in [4.69, 9.17) is 14.2 Å². The first-order valence-electron chi connectivity index (χ1n) is 9.34. The van der Waals surface area contributed by atoms with E-state index in [1.807, 2.05) is 22.9 Å². The standard InChI is InChI=1S/C22H25N3O4/c1-14(2)25-17(10-12-24-25)21-16(7-6-11-23-21)13-29-18-8-9-19(27-4)22(28-5)20(18)15(3)26/h6-12,14H,13H2,1-5H3. The molecule has 0 bridgehead atoms. The predicted octanol–water partition coefficient (Wildman–Crippen LogP) is 4.32. The highest BCUT2D eigenvalue weighted by Crippen LogP contribution is 2.38. The molecule has 0 aliphatic carbocycles. The molecule has 3 aromatic rings. The Hall–Kier alpha value is -3.35. The van der Waals surface area contributed by atoms with Crippen molar-refractivity contribution in [3.8, 4) is 28.6 Å². The molecule has 3 rings (SSSR count). The fraction of sp³-hybridized carbons (Fsp3) is 0.318. The van der Waals surface area contributed by atoms with Gasteiger partial charge in [-0.2, -0.15) is 5.10 Å². The SMILES string of the molecule is COc1ccc(OCc2cccnc2-c2ccnn2C(C)C)c(C(C)=O)c1OC. The average Bonchev–Trinajstić information content (AvgIpc) is 3.21. The summed E-state index contributed by atoms with van der Waals surface area (Å²) in [5.74, 6) is 1.11. The molecule has 1 aromatic carbocycles. The minimum atomic E-state index is -0.167. The molecule has 0 radical (unpaired) electrons. The van der Waals surface area contributed by atoms with Gasteiger partial charge < -0.3 is 14.2 Å². The molecule has 0 saturated heterocycles. The number of methoxy groups -OCH3 is 2. The minimum absolute atomic E-state index is 0.167. The number of carbonyl (C=O) groups is 1. The van der Waals surface area contributed by atoms with E-state index < -0.39 is 0 Å². The van der Waals surface area contributed by atoms with Crippen LogP contribution in [0.5, 0.6) is 17.2 Å². The molecule has 0 unspecified atom stereocenters. The fourth-order valence-corrected chi connectivity index (χ4v) is 3.22. The molecule has 7 nitrogen and oxygen atoms in total. The minimum Gasteiger partial charge on any atom is -0.493 e. The van der Waals surface area contributed by atoms with Crippen LogP contribution in [0.2, 0.25) is 0 Å². The lowest BCUT2D eigenvalue weighted by atomic mass is 10.1. The highest BCUT2D eigenvalue weighted by molar-refractivity contribution is 6.00. The van der Waals surface area contributed by atoms with E-state index in [0.29, 0.717) is 22.8 Å². The zero-order chi connectivity index (χ0) is 21.0. The maximum atomic E-state index is 12.3. The summed E-state index contributed by atoms with van der Waals surface area (Å²) in [6.07, 6.45) is 3.50. The number of rotatable bonds is 8. The van der Waals surface area contributed by atoms with Gasteiger partial charge in [-0.1, -0.05) is 6.07 Å². The third-order valence-electron chi connectivity index (χ3n) is 4.54. The molecule has 0 N–H and O–H groups in total. The summed E-state index contributed by atoms with van der Waals surface area (Å²) in [6.45, 7) is 5.85. The van der Waals surface area contributed by atoms with Crippen molar-refractivity contribution >= 4 is 5.78 Å². The van der Waals surface area contributed by atoms with Crippen LogP contribution in [0.15, 0.2) is 42.7 Å².